The summed E-state index contributed by atoms with van der Waals surface area (Å²) in [6, 6.07) is 2.76. The number of rotatable bonds is 2. The van der Waals surface area contributed by atoms with Crippen molar-refractivity contribution in [2.45, 2.75) is 45.1 Å². The molecule has 3 rings (SSSR count). The summed E-state index contributed by atoms with van der Waals surface area (Å²) < 4.78 is 5.47. The van der Waals surface area contributed by atoms with E-state index in [1.54, 1.807) is 0 Å². The van der Waals surface area contributed by atoms with Crippen LogP contribution in [0.15, 0.2) is 12.3 Å². The van der Waals surface area contributed by atoms with Gasteiger partial charge in [0.1, 0.15) is 11.6 Å². The monoisotopic (exact) mass is 304 g/mol. The summed E-state index contributed by atoms with van der Waals surface area (Å²) >= 11 is 0. The first-order valence-corrected chi connectivity index (χ1v) is 8.44. The predicted molar refractivity (Wildman–Crippen MR) is 88.4 cm³/mol. The Morgan fingerprint density at radius 2 is 1.77 bits per heavy atom. The molecule has 122 valence electrons. The Balaban J connectivity index is 1.61. The van der Waals surface area contributed by atoms with E-state index in [0.29, 0.717) is 6.04 Å². The van der Waals surface area contributed by atoms with E-state index in [4.69, 9.17) is 9.72 Å². The van der Waals surface area contributed by atoms with Gasteiger partial charge in [0.25, 0.3) is 0 Å². The highest BCUT2D eigenvalue weighted by atomic mass is 16.5. The second kappa shape index (κ2) is 6.50. The topological polar surface area (TPSA) is 41.5 Å². The van der Waals surface area contributed by atoms with E-state index in [-0.39, 0.29) is 5.41 Å². The number of hydrogen-bond acceptors (Lipinski definition) is 5. The Hall–Kier alpha value is -1.20. The molecule has 0 aromatic carbocycles. The SMILES string of the molecule is CC(C)(C)c1nccc(N2CCN(C3CCOCC3)CC2)n1. The van der Waals surface area contributed by atoms with Gasteiger partial charge in [-0.1, -0.05) is 20.8 Å². The highest BCUT2D eigenvalue weighted by Gasteiger charge is 2.26. The summed E-state index contributed by atoms with van der Waals surface area (Å²) in [5.74, 6) is 2.00. The molecule has 2 fully saturated rings. The fourth-order valence-corrected chi connectivity index (χ4v) is 3.25. The molecular weight excluding hydrogens is 276 g/mol. The lowest BCUT2D eigenvalue weighted by Gasteiger charge is -2.41. The zero-order valence-corrected chi connectivity index (χ0v) is 14.1. The van der Waals surface area contributed by atoms with Crippen molar-refractivity contribution in [2.24, 2.45) is 0 Å². The first-order chi connectivity index (χ1) is 10.5. The molecule has 0 atom stereocenters. The lowest BCUT2D eigenvalue weighted by molar-refractivity contribution is 0.0321. The molecule has 0 saturated carbocycles. The third-order valence-corrected chi connectivity index (χ3v) is 4.66. The summed E-state index contributed by atoms with van der Waals surface area (Å²) in [6.45, 7) is 12.7. The second-order valence-corrected chi connectivity index (χ2v) is 7.36. The molecule has 5 heteroatoms. The summed E-state index contributed by atoms with van der Waals surface area (Å²) in [6.07, 6.45) is 4.26. The highest BCUT2D eigenvalue weighted by molar-refractivity contribution is 5.38. The molecule has 1 aromatic rings. The quantitative estimate of drug-likeness (QED) is 0.837. The molecule has 22 heavy (non-hydrogen) atoms. The third kappa shape index (κ3) is 3.58. The van der Waals surface area contributed by atoms with Gasteiger partial charge in [-0.25, -0.2) is 9.97 Å². The average Bonchev–Trinajstić information content (AvgIpc) is 2.55. The average molecular weight is 304 g/mol. The van der Waals surface area contributed by atoms with Crippen LogP contribution in [0.4, 0.5) is 5.82 Å². The Bertz CT molecular complexity index is 486. The van der Waals surface area contributed by atoms with Crippen LogP contribution in [0.5, 0.6) is 0 Å². The molecule has 3 heterocycles. The molecule has 2 saturated heterocycles. The Morgan fingerprint density at radius 3 is 2.41 bits per heavy atom. The Labute approximate surface area is 133 Å². The van der Waals surface area contributed by atoms with Crippen LogP contribution in [0, 0.1) is 0 Å². The van der Waals surface area contributed by atoms with E-state index in [9.17, 15) is 0 Å². The number of piperazine rings is 1. The van der Waals surface area contributed by atoms with Crippen molar-refractivity contribution in [1.82, 2.24) is 14.9 Å². The van der Waals surface area contributed by atoms with Crippen LogP contribution in [0.2, 0.25) is 0 Å². The minimum Gasteiger partial charge on any atom is -0.381 e. The van der Waals surface area contributed by atoms with Crippen LogP contribution in [0.3, 0.4) is 0 Å². The predicted octanol–water partition coefficient (Wildman–Crippen LogP) is 2.08. The van der Waals surface area contributed by atoms with Gasteiger partial charge in [-0.2, -0.15) is 0 Å². The third-order valence-electron chi connectivity index (χ3n) is 4.66. The molecule has 0 N–H and O–H groups in total. The van der Waals surface area contributed by atoms with Gasteiger partial charge in [0, 0.05) is 57.0 Å². The molecule has 0 aliphatic carbocycles. The minimum atomic E-state index is -0.0000700. The van der Waals surface area contributed by atoms with Gasteiger partial charge >= 0.3 is 0 Å². The smallest absolute Gasteiger partial charge is 0.135 e. The van der Waals surface area contributed by atoms with Crippen molar-refractivity contribution in [3.05, 3.63) is 18.1 Å². The standard InChI is InChI=1S/C17H28N4O/c1-17(2,3)16-18-7-4-15(19-16)21-10-8-20(9-11-21)14-5-12-22-13-6-14/h4,7,14H,5-6,8-13H2,1-3H3. The van der Waals surface area contributed by atoms with Crippen LogP contribution in [0.25, 0.3) is 0 Å². The van der Waals surface area contributed by atoms with Gasteiger partial charge in [0.15, 0.2) is 0 Å². The Kier molecular flexibility index (Phi) is 4.64. The van der Waals surface area contributed by atoms with Crippen molar-refractivity contribution in [1.29, 1.82) is 0 Å². The number of hydrogen-bond donors (Lipinski definition) is 0. The number of anilines is 1. The first kappa shape index (κ1) is 15.7. The summed E-state index contributed by atoms with van der Waals surface area (Å²) in [5.41, 5.74) is -0.0000700. The van der Waals surface area contributed by atoms with E-state index < -0.39 is 0 Å². The first-order valence-electron chi connectivity index (χ1n) is 8.44. The lowest BCUT2D eigenvalue weighted by atomic mass is 9.96. The number of nitrogens with zero attached hydrogens (tertiary/aromatic N) is 4. The molecule has 0 amide bonds. The van der Waals surface area contributed by atoms with Crippen LogP contribution >= 0.6 is 0 Å². The Morgan fingerprint density at radius 1 is 1.09 bits per heavy atom. The van der Waals surface area contributed by atoms with Crippen molar-refractivity contribution < 1.29 is 4.74 Å². The maximum absolute atomic E-state index is 5.47. The molecule has 2 aliphatic rings. The van der Waals surface area contributed by atoms with Crippen molar-refractivity contribution in [2.75, 3.05) is 44.3 Å². The normalized spacial score (nSPS) is 22.0. The highest BCUT2D eigenvalue weighted by Crippen LogP contribution is 2.22. The van der Waals surface area contributed by atoms with Crippen molar-refractivity contribution in [3.8, 4) is 0 Å². The lowest BCUT2D eigenvalue weighted by Crippen LogP contribution is -2.52. The number of aromatic nitrogens is 2. The summed E-state index contributed by atoms with van der Waals surface area (Å²) in [5, 5.41) is 0. The van der Waals surface area contributed by atoms with Gasteiger partial charge in [-0.3, -0.25) is 4.90 Å². The van der Waals surface area contributed by atoms with Gasteiger partial charge in [0.2, 0.25) is 0 Å². The molecule has 1 aromatic heterocycles. The fraction of sp³-hybridized carbons (Fsp3) is 0.765. The fourth-order valence-electron chi connectivity index (χ4n) is 3.25. The zero-order valence-electron chi connectivity index (χ0n) is 14.1. The van der Waals surface area contributed by atoms with E-state index in [1.807, 2.05) is 12.3 Å². The van der Waals surface area contributed by atoms with E-state index in [2.05, 4.69) is 35.6 Å². The molecule has 0 unspecified atom stereocenters. The van der Waals surface area contributed by atoms with Gasteiger partial charge < -0.3 is 9.64 Å². The largest absolute Gasteiger partial charge is 0.381 e. The maximum atomic E-state index is 5.47. The minimum absolute atomic E-state index is 0.0000700. The molecule has 2 aliphatic heterocycles. The summed E-state index contributed by atoms with van der Waals surface area (Å²) in [4.78, 5) is 14.2. The van der Waals surface area contributed by atoms with Crippen molar-refractivity contribution in [3.63, 3.8) is 0 Å². The molecular formula is C17H28N4O. The molecule has 0 radical (unpaired) electrons. The van der Waals surface area contributed by atoms with Gasteiger partial charge in [0.05, 0.1) is 0 Å². The van der Waals surface area contributed by atoms with Crippen molar-refractivity contribution >= 4 is 5.82 Å². The molecule has 0 spiro atoms. The van der Waals surface area contributed by atoms with E-state index >= 15 is 0 Å². The van der Waals surface area contributed by atoms with E-state index in [0.717, 1.165) is 51.0 Å². The number of ether oxygens (including phenoxy) is 1. The van der Waals surface area contributed by atoms with Crippen LogP contribution in [0.1, 0.15) is 39.4 Å². The van der Waals surface area contributed by atoms with Crippen LogP contribution in [-0.2, 0) is 10.2 Å². The van der Waals surface area contributed by atoms with Crippen LogP contribution < -0.4 is 4.90 Å². The molecule has 5 nitrogen and oxygen atoms in total. The zero-order chi connectivity index (χ0) is 15.6. The molecule has 0 bridgehead atoms. The van der Waals surface area contributed by atoms with Gasteiger partial charge in [-0.15, -0.1) is 0 Å². The van der Waals surface area contributed by atoms with Crippen LogP contribution in [-0.4, -0.2) is 60.3 Å². The summed E-state index contributed by atoms with van der Waals surface area (Å²) in [7, 11) is 0. The van der Waals surface area contributed by atoms with Gasteiger partial charge in [-0.05, 0) is 18.9 Å². The van der Waals surface area contributed by atoms with E-state index in [1.165, 1.54) is 12.8 Å². The maximum Gasteiger partial charge on any atom is 0.135 e. The second-order valence-electron chi connectivity index (χ2n) is 7.36.